The number of fused-ring (bicyclic) bond motifs is 1. The van der Waals surface area contributed by atoms with E-state index in [1.165, 1.54) is 12.1 Å². The first-order chi connectivity index (χ1) is 9.99. The molecule has 1 aliphatic rings. The van der Waals surface area contributed by atoms with Gasteiger partial charge in [-0.2, -0.15) is 0 Å². The molecule has 3 rings (SSSR count). The number of sulfone groups is 1. The molecule has 21 heavy (non-hydrogen) atoms. The van der Waals surface area contributed by atoms with Crippen LogP contribution in [0.3, 0.4) is 0 Å². The summed E-state index contributed by atoms with van der Waals surface area (Å²) in [5.74, 6) is -0.415. The summed E-state index contributed by atoms with van der Waals surface area (Å²) in [6.07, 6.45) is 0.379. The molecule has 1 atom stereocenters. The maximum atomic E-state index is 13.9. The normalized spacial score (nSPS) is 19.8. The molecule has 1 unspecified atom stereocenters. The molecule has 110 valence electrons. The third-order valence-electron chi connectivity index (χ3n) is 3.59. The van der Waals surface area contributed by atoms with E-state index in [0.29, 0.717) is 16.9 Å². The maximum absolute atomic E-state index is 13.9. The van der Waals surface area contributed by atoms with Crippen LogP contribution in [0.5, 0.6) is 0 Å². The van der Waals surface area contributed by atoms with E-state index in [2.05, 4.69) is 5.32 Å². The fourth-order valence-electron chi connectivity index (χ4n) is 2.55. The third-order valence-corrected chi connectivity index (χ3v) is 5.72. The van der Waals surface area contributed by atoms with Crippen molar-refractivity contribution in [1.29, 1.82) is 0 Å². The van der Waals surface area contributed by atoms with Gasteiger partial charge in [0.15, 0.2) is 9.84 Å². The Balaban J connectivity index is 2.02. The van der Waals surface area contributed by atoms with Gasteiger partial charge in [-0.3, -0.25) is 0 Å². The van der Waals surface area contributed by atoms with E-state index < -0.39 is 15.7 Å². The van der Waals surface area contributed by atoms with Crippen LogP contribution >= 0.6 is 11.6 Å². The maximum Gasteiger partial charge on any atom is 0.178 e. The molecule has 2 aromatic rings. The van der Waals surface area contributed by atoms with E-state index in [1.807, 2.05) is 0 Å². The van der Waals surface area contributed by atoms with E-state index in [4.69, 9.17) is 11.6 Å². The first-order valence-corrected chi connectivity index (χ1v) is 8.54. The number of anilines is 1. The second kappa shape index (κ2) is 5.31. The molecule has 0 saturated carbocycles. The number of hydrogen-bond donors (Lipinski definition) is 1. The average molecular weight is 326 g/mol. The number of nitrogens with one attached hydrogen (secondary N) is 1. The van der Waals surface area contributed by atoms with Crippen LogP contribution in [-0.4, -0.2) is 14.2 Å². The summed E-state index contributed by atoms with van der Waals surface area (Å²) in [6.45, 7) is 0. The predicted octanol–water partition coefficient (Wildman–Crippen LogP) is 3.81. The van der Waals surface area contributed by atoms with E-state index >= 15 is 0 Å². The van der Waals surface area contributed by atoms with Crippen molar-refractivity contribution in [3.05, 3.63) is 58.9 Å². The Morgan fingerprint density at radius 1 is 1.14 bits per heavy atom. The Morgan fingerprint density at radius 3 is 2.67 bits per heavy atom. The number of hydrogen-bond acceptors (Lipinski definition) is 3. The highest BCUT2D eigenvalue weighted by Crippen LogP contribution is 2.36. The molecule has 2 aromatic carbocycles. The summed E-state index contributed by atoms with van der Waals surface area (Å²) < 4.78 is 38.0. The zero-order valence-electron chi connectivity index (χ0n) is 11.0. The van der Waals surface area contributed by atoms with Crippen LogP contribution in [0.2, 0.25) is 5.02 Å². The lowest BCUT2D eigenvalue weighted by molar-refractivity contribution is 0.574. The molecular weight excluding hydrogens is 313 g/mol. The first-order valence-electron chi connectivity index (χ1n) is 6.51. The lowest BCUT2D eigenvalue weighted by atomic mass is 10.0. The molecule has 1 aliphatic heterocycles. The molecule has 0 amide bonds. The molecule has 0 bridgehead atoms. The first kappa shape index (κ1) is 14.4. The zero-order chi connectivity index (χ0) is 15.0. The van der Waals surface area contributed by atoms with Crippen molar-refractivity contribution in [1.82, 2.24) is 0 Å². The second-order valence-electron chi connectivity index (χ2n) is 4.94. The van der Waals surface area contributed by atoms with Crippen molar-refractivity contribution in [2.24, 2.45) is 0 Å². The summed E-state index contributed by atoms with van der Waals surface area (Å²) in [7, 11) is -3.25. The molecule has 0 radical (unpaired) electrons. The van der Waals surface area contributed by atoms with Crippen LogP contribution in [0.4, 0.5) is 10.1 Å². The molecule has 1 heterocycles. The van der Waals surface area contributed by atoms with Gasteiger partial charge in [-0.15, -0.1) is 0 Å². The summed E-state index contributed by atoms with van der Waals surface area (Å²) >= 11 is 6.01. The van der Waals surface area contributed by atoms with Crippen LogP contribution in [0.15, 0.2) is 47.4 Å². The molecule has 0 aliphatic carbocycles. The van der Waals surface area contributed by atoms with Crippen LogP contribution in [0.25, 0.3) is 0 Å². The highest BCUT2D eigenvalue weighted by molar-refractivity contribution is 7.91. The minimum atomic E-state index is -3.25. The number of para-hydroxylation sites is 1. The number of rotatable bonds is 2. The minimum Gasteiger partial charge on any atom is -0.375 e. The topological polar surface area (TPSA) is 46.2 Å². The van der Waals surface area contributed by atoms with Crippen LogP contribution in [0.1, 0.15) is 18.0 Å². The van der Waals surface area contributed by atoms with Gasteiger partial charge in [0.05, 0.1) is 27.4 Å². The largest absolute Gasteiger partial charge is 0.375 e. The molecule has 0 saturated heterocycles. The van der Waals surface area contributed by atoms with Gasteiger partial charge in [-0.25, -0.2) is 12.8 Å². The quantitative estimate of drug-likeness (QED) is 0.913. The fraction of sp³-hybridized carbons (Fsp3) is 0.200. The number of halogens is 2. The van der Waals surface area contributed by atoms with Crippen molar-refractivity contribution in [3.63, 3.8) is 0 Å². The standard InChI is InChI=1S/C15H13ClFNO2S/c16-11-5-3-6-12(17)15(11)18-13-8-9-21(19,20)14-7-2-1-4-10(13)14/h1-7,13,18H,8-9H2. The van der Waals surface area contributed by atoms with Crippen molar-refractivity contribution in [3.8, 4) is 0 Å². The van der Waals surface area contributed by atoms with Gasteiger partial charge in [-0.1, -0.05) is 35.9 Å². The lowest BCUT2D eigenvalue weighted by Crippen LogP contribution is -2.25. The van der Waals surface area contributed by atoms with Gasteiger partial charge >= 0.3 is 0 Å². The van der Waals surface area contributed by atoms with Gasteiger partial charge in [0.2, 0.25) is 0 Å². The van der Waals surface area contributed by atoms with Crippen molar-refractivity contribution < 1.29 is 12.8 Å². The third kappa shape index (κ3) is 2.63. The summed E-state index contributed by atoms with van der Waals surface area (Å²) in [4.78, 5) is 0.307. The SMILES string of the molecule is O=S1(=O)CCC(Nc2c(F)cccc2Cl)c2ccccc21. The zero-order valence-corrected chi connectivity index (χ0v) is 12.6. The highest BCUT2D eigenvalue weighted by atomic mass is 35.5. The van der Waals surface area contributed by atoms with Gasteiger partial charge in [0.25, 0.3) is 0 Å². The smallest absolute Gasteiger partial charge is 0.178 e. The van der Waals surface area contributed by atoms with Gasteiger partial charge < -0.3 is 5.32 Å². The lowest BCUT2D eigenvalue weighted by Gasteiger charge is -2.27. The van der Waals surface area contributed by atoms with E-state index in [-0.39, 0.29) is 22.5 Å². The Kier molecular flexibility index (Phi) is 3.63. The Morgan fingerprint density at radius 2 is 1.90 bits per heavy atom. The van der Waals surface area contributed by atoms with Crippen molar-refractivity contribution >= 4 is 27.1 Å². The molecule has 1 N–H and O–H groups in total. The second-order valence-corrected chi connectivity index (χ2v) is 7.42. The minimum absolute atomic E-state index is 0.0355. The summed E-state index contributed by atoms with van der Waals surface area (Å²) in [6, 6.07) is 11.0. The van der Waals surface area contributed by atoms with Crippen LogP contribution < -0.4 is 5.32 Å². The van der Waals surface area contributed by atoms with Gasteiger partial charge in [-0.05, 0) is 30.2 Å². The van der Waals surface area contributed by atoms with E-state index in [0.717, 1.165) is 0 Å². The summed E-state index contributed by atoms with van der Waals surface area (Å²) in [5, 5.41) is 3.32. The molecule has 3 nitrogen and oxygen atoms in total. The predicted molar refractivity (Wildman–Crippen MR) is 80.9 cm³/mol. The molecule has 6 heteroatoms. The van der Waals surface area contributed by atoms with Crippen LogP contribution in [-0.2, 0) is 9.84 Å². The monoisotopic (exact) mass is 325 g/mol. The molecule has 0 spiro atoms. The molecular formula is C15H13ClFNO2S. The van der Waals surface area contributed by atoms with Crippen LogP contribution in [0, 0.1) is 5.82 Å². The highest BCUT2D eigenvalue weighted by Gasteiger charge is 2.30. The Labute approximate surface area is 127 Å². The number of benzene rings is 2. The average Bonchev–Trinajstić information content (AvgIpc) is 2.45. The van der Waals surface area contributed by atoms with Crippen molar-refractivity contribution in [2.75, 3.05) is 11.1 Å². The Hall–Kier alpha value is -1.59. The van der Waals surface area contributed by atoms with Gasteiger partial charge in [0, 0.05) is 0 Å². The fourth-order valence-corrected chi connectivity index (χ4v) is 4.39. The molecule has 0 aromatic heterocycles. The van der Waals surface area contributed by atoms with E-state index in [9.17, 15) is 12.8 Å². The van der Waals surface area contributed by atoms with Gasteiger partial charge in [0.1, 0.15) is 5.82 Å². The Bertz CT molecular complexity index is 772. The molecule has 0 fully saturated rings. The summed E-state index contributed by atoms with van der Waals surface area (Å²) in [5.41, 5.74) is 0.862. The van der Waals surface area contributed by atoms with Crippen molar-refractivity contribution in [2.45, 2.75) is 17.4 Å². The van der Waals surface area contributed by atoms with E-state index in [1.54, 1.807) is 30.3 Å².